The van der Waals surface area contributed by atoms with Gasteiger partial charge in [0.1, 0.15) is 0 Å². The molecule has 0 radical (unpaired) electrons. The smallest absolute Gasteiger partial charge is 0.335 e. The number of aromatic carboxylic acids is 2. The zero-order valence-electron chi connectivity index (χ0n) is 10.6. The van der Waals surface area contributed by atoms with Crippen LogP contribution in [0.15, 0.2) is 36.4 Å². The van der Waals surface area contributed by atoms with Crippen molar-refractivity contribution in [3.05, 3.63) is 68.7 Å². The first kappa shape index (κ1) is 15.4. The van der Waals surface area contributed by atoms with E-state index in [0.29, 0.717) is 27.6 Å². The van der Waals surface area contributed by atoms with E-state index in [1.807, 2.05) is 0 Å². The summed E-state index contributed by atoms with van der Waals surface area (Å²) in [6, 6.07) is 8.97. The number of halogens is 2. The molecule has 6 heteroatoms. The maximum absolute atomic E-state index is 11.0. The minimum atomic E-state index is -1.07. The number of carbonyl (C=O) groups is 2. The monoisotopic (exact) mass is 324 g/mol. The van der Waals surface area contributed by atoms with Gasteiger partial charge in [-0.15, -0.1) is 0 Å². The molecule has 21 heavy (non-hydrogen) atoms. The third-order valence-corrected chi connectivity index (χ3v) is 3.25. The van der Waals surface area contributed by atoms with Crippen LogP contribution in [0, 0.1) is 0 Å². The molecule has 0 bridgehead atoms. The maximum atomic E-state index is 11.0. The lowest BCUT2D eigenvalue weighted by atomic mass is 10.0. The van der Waals surface area contributed by atoms with Gasteiger partial charge in [0.25, 0.3) is 0 Å². The molecular formula is C15H10Cl2O4. The molecule has 2 aromatic rings. The van der Waals surface area contributed by atoms with E-state index in [1.165, 1.54) is 24.3 Å². The molecule has 2 rings (SSSR count). The molecule has 0 aliphatic carbocycles. The van der Waals surface area contributed by atoms with Crippen LogP contribution in [0.5, 0.6) is 0 Å². The quantitative estimate of drug-likeness (QED) is 0.891. The van der Waals surface area contributed by atoms with Gasteiger partial charge in [0.2, 0.25) is 0 Å². The summed E-state index contributed by atoms with van der Waals surface area (Å²) in [7, 11) is 0. The Bertz CT molecular complexity index is 664. The van der Waals surface area contributed by atoms with E-state index in [1.54, 1.807) is 12.1 Å². The molecular weight excluding hydrogens is 315 g/mol. The Balaban J connectivity index is 2.38. The Hall–Kier alpha value is -2.04. The Labute approximate surface area is 130 Å². The zero-order valence-corrected chi connectivity index (χ0v) is 12.1. The van der Waals surface area contributed by atoms with E-state index in [-0.39, 0.29) is 11.1 Å². The lowest BCUT2D eigenvalue weighted by molar-refractivity contribution is 0.0686. The normalized spacial score (nSPS) is 10.4. The van der Waals surface area contributed by atoms with E-state index in [4.69, 9.17) is 33.4 Å². The van der Waals surface area contributed by atoms with Gasteiger partial charge in [-0.25, -0.2) is 9.59 Å². The summed E-state index contributed by atoms with van der Waals surface area (Å²) in [6.07, 6.45) is 0.335. The van der Waals surface area contributed by atoms with Crippen molar-refractivity contribution >= 4 is 35.1 Å². The summed E-state index contributed by atoms with van der Waals surface area (Å²) in [6.45, 7) is 0. The molecule has 2 N–H and O–H groups in total. The number of rotatable bonds is 4. The standard InChI is InChI=1S/C15H10Cl2O4/c16-12-4-8(2-10(6-12)14(18)19)1-9-3-11(15(20)21)7-13(17)5-9/h2-7H,1H2,(H,18,19)(H,20,21). The maximum Gasteiger partial charge on any atom is 0.335 e. The van der Waals surface area contributed by atoms with Gasteiger partial charge in [0.15, 0.2) is 0 Å². The fourth-order valence-corrected chi connectivity index (χ4v) is 2.50. The molecule has 0 spiro atoms. The van der Waals surface area contributed by atoms with E-state index >= 15 is 0 Å². The van der Waals surface area contributed by atoms with Gasteiger partial charge in [0, 0.05) is 10.0 Å². The first-order valence-corrected chi connectivity index (χ1v) is 6.66. The summed E-state index contributed by atoms with van der Waals surface area (Å²) in [5, 5.41) is 18.6. The second kappa shape index (κ2) is 6.16. The molecule has 0 saturated carbocycles. The zero-order chi connectivity index (χ0) is 15.6. The van der Waals surface area contributed by atoms with E-state index in [2.05, 4.69) is 0 Å². The average Bonchev–Trinajstić information content (AvgIpc) is 2.37. The molecule has 0 atom stereocenters. The Kier molecular flexibility index (Phi) is 4.50. The van der Waals surface area contributed by atoms with Gasteiger partial charge in [0.05, 0.1) is 11.1 Å². The highest BCUT2D eigenvalue weighted by atomic mass is 35.5. The fraction of sp³-hybridized carbons (Fsp3) is 0.0667. The molecule has 0 amide bonds. The SMILES string of the molecule is O=C(O)c1cc(Cl)cc(Cc2cc(Cl)cc(C(=O)O)c2)c1. The van der Waals surface area contributed by atoms with Gasteiger partial charge in [-0.1, -0.05) is 23.2 Å². The van der Waals surface area contributed by atoms with Crippen LogP contribution in [0.1, 0.15) is 31.8 Å². The third kappa shape index (κ3) is 3.97. The largest absolute Gasteiger partial charge is 0.478 e. The highest BCUT2D eigenvalue weighted by Crippen LogP contribution is 2.21. The van der Waals surface area contributed by atoms with Crippen LogP contribution in [0.4, 0.5) is 0 Å². The summed E-state index contributed by atoms with van der Waals surface area (Å²) >= 11 is 11.8. The number of benzene rings is 2. The molecule has 0 aromatic heterocycles. The van der Waals surface area contributed by atoms with Gasteiger partial charge in [-0.3, -0.25) is 0 Å². The van der Waals surface area contributed by atoms with Crippen LogP contribution in [0.3, 0.4) is 0 Å². The topological polar surface area (TPSA) is 74.6 Å². The van der Waals surface area contributed by atoms with Crippen LogP contribution < -0.4 is 0 Å². The van der Waals surface area contributed by atoms with E-state index in [0.717, 1.165) is 0 Å². The molecule has 0 aliphatic heterocycles. The van der Waals surface area contributed by atoms with Crippen molar-refractivity contribution < 1.29 is 19.8 Å². The Morgan fingerprint density at radius 2 is 1.14 bits per heavy atom. The number of hydrogen-bond donors (Lipinski definition) is 2. The van der Waals surface area contributed by atoms with Gasteiger partial charge in [-0.2, -0.15) is 0 Å². The van der Waals surface area contributed by atoms with Crippen LogP contribution >= 0.6 is 23.2 Å². The summed E-state index contributed by atoms with van der Waals surface area (Å²) in [4.78, 5) is 22.0. The van der Waals surface area contributed by atoms with Crippen molar-refractivity contribution in [2.75, 3.05) is 0 Å². The summed E-state index contributed by atoms with van der Waals surface area (Å²) < 4.78 is 0. The van der Waals surface area contributed by atoms with E-state index < -0.39 is 11.9 Å². The molecule has 108 valence electrons. The predicted octanol–water partition coefficient (Wildman–Crippen LogP) is 3.98. The molecule has 2 aromatic carbocycles. The number of carboxylic acid groups (broad SMARTS) is 2. The van der Waals surface area contributed by atoms with Crippen molar-refractivity contribution in [2.45, 2.75) is 6.42 Å². The molecule has 0 saturated heterocycles. The van der Waals surface area contributed by atoms with Gasteiger partial charge in [-0.05, 0) is 53.9 Å². The van der Waals surface area contributed by atoms with Crippen LogP contribution in [-0.4, -0.2) is 22.2 Å². The highest BCUT2D eigenvalue weighted by Gasteiger charge is 2.10. The highest BCUT2D eigenvalue weighted by molar-refractivity contribution is 6.31. The third-order valence-electron chi connectivity index (χ3n) is 2.82. The van der Waals surface area contributed by atoms with Crippen molar-refractivity contribution in [2.24, 2.45) is 0 Å². The molecule has 0 heterocycles. The first-order chi connectivity index (χ1) is 9.85. The lowest BCUT2D eigenvalue weighted by Gasteiger charge is -2.07. The predicted molar refractivity (Wildman–Crippen MR) is 79.6 cm³/mol. The molecule has 0 unspecified atom stereocenters. The van der Waals surface area contributed by atoms with Gasteiger partial charge >= 0.3 is 11.9 Å². The second-order valence-electron chi connectivity index (χ2n) is 4.48. The van der Waals surface area contributed by atoms with Gasteiger partial charge < -0.3 is 10.2 Å². The van der Waals surface area contributed by atoms with Crippen molar-refractivity contribution in [3.63, 3.8) is 0 Å². The first-order valence-electron chi connectivity index (χ1n) is 5.90. The minimum Gasteiger partial charge on any atom is -0.478 e. The number of carboxylic acids is 2. The van der Waals surface area contributed by atoms with E-state index in [9.17, 15) is 9.59 Å². The minimum absolute atomic E-state index is 0.0815. The summed E-state index contributed by atoms with van der Waals surface area (Å²) in [5.74, 6) is -2.15. The van der Waals surface area contributed by atoms with Crippen LogP contribution in [0.2, 0.25) is 10.0 Å². The Morgan fingerprint density at radius 1 is 0.762 bits per heavy atom. The van der Waals surface area contributed by atoms with Crippen molar-refractivity contribution in [1.82, 2.24) is 0 Å². The molecule has 0 aliphatic rings. The average molecular weight is 325 g/mol. The summed E-state index contributed by atoms with van der Waals surface area (Å²) in [5.41, 5.74) is 1.49. The Morgan fingerprint density at radius 3 is 1.48 bits per heavy atom. The van der Waals surface area contributed by atoms with Crippen LogP contribution in [-0.2, 0) is 6.42 Å². The fourth-order valence-electron chi connectivity index (χ4n) is 1.99. The van der Waals surface area contributed by atoms with Crippen molar-refractivity contribution in [1.29, 1.82) is 0 Å². The lowest BCUT2D eigenvalue weighted by Crippen LogP contribution is -2.00. The molecule has 0 fully saturated rings. The number of hydrogen-bond acceptors (Lipinski definition) is 2. The second-order valence-corrected chi connectivity index (χ2v) is 5.36. The molecule has 4 nitrogen and oxygen atoms in total. The van der Waals surface area contributed by atoms with Crippen molar-refractivity contribution in [3.8, 4) is 0 Å². The van der Waals surface area contributed by atoms with Crippen LogP contribution in [0.25, 0.3) is 0 Å².